The highest BCUT2D eigenvalue weighted by Gasteiger charge is 2.27. The Morgan fingerprint density at radius 1 is 1.04 bits per heavy atom. The van der Waals surface area contributed by atoms with Crippen LogP contribution in [-0.2, 0) is 11.3 Å². The van der Waals surface area contributed by atoms with Crippen LogP contribution in [0.2, 0.25) is 0 Å². The Hall–Kier alpha value is -3.28. The molecule has 0 aliphatic rings. The van der Waals surface area contributed by atoms with E-state index in [4.69, 9.17) is 4.74 Å². The van der Waals surface area contributed by atoms with Gasteiger partial charge in [0.15, 0.2) is 6.10 Å². The quantitative estimate of drug-likeness (QED) is 0.592. The monoisotopic (exact) mass is 382 g/mol. The van der Waals surface area contributed by atoms with Gasteiger partial charge in [-0.3, -0.25) is 9.69 Å². The molecule has 3 aromatic rings. The standard InChI is InChI=1S/C22H20F2N2O2/c1-2-20(28-19-11-9-17(23)10-12-19)22(27)26(21-8-3-4-13-25-21)15-16-6-5-7-18(24)14-16/h3-14,20H,2,15H2,1H3/t20-/m1/s1. The van der Waals surface area contributed by atoms with Gasteiger partial charge in [-0.25, -0.2) is 13.8 Å². The van der Waals surface area contributed by atoms with E-state index in [0.29, 0.717) is 23.6 Å². The molecule has 0 N–H and O–H groups in total. The molecule has 0 saturated heterocycles. The molecule has 0 aliphatic heterocycles. The van der Waals surface area contributed by atoms with E-state index in [1.165, 1.54) is 41.3 Å². The fourth-order valence-corrected chi connectivity index (χ4v) is 2.76. The minimum atomic E-state index is -0.791. The van der Waals surface area contributed by atoms with Gasteiger partial charge in [0, 0.05) is 6.20 Å². The van der Waals surface area contributed by atoms with Crippen molar-refractivity contribution in [3.05, 3.63) is 90.1 Å². The van der Waals surface area contributed by atoms with Crippen LogP contribution in [0.4, 0.5) is 14.6 Å². The van der Waals surface area contributed by atoms with Crippen molar-refractivity contribution in [1.82, 2.24) is 4.98 Å². The van der Waals surface area contributed by atoms with Crippen molar-refractivity contribution in [3.8, 4) is 5.75 Å². The first kappa shape index (κ1) is 19.5. The van der Waals surface area contributed by atoms with Gasteiger partial charge in [0.2, 0.25) is 0 Å². The van der Waals surface area contributed by atoms with E-state index in [9.17, 15) is 13.6 Å². The lowest BCUT2D eigenvalue weighted by molar-refractivity contribution is -0.125. The minimum Gasteiger partial charge on any atom is -0.481 e. The number of benzene rings is 2. The molecule has 1 aromatic heterocycles. The van der Waals surface area contributed by atoms with E-state index in [2.05, 4.69) is 4.98 Å². The molecule has 144 valence electrons. The molecule has 0 unspecified atom stereocenters. The van der Waals surface area contributed by atoms with Gasteiger partial charge in [0.1, 0.15) is 23.2 Å². The van der Waals surface area contributed by atoms with Gasteiger partial charge >= 0.3 is 0 Å². The third kappa shape index (κ3) is 4.91. The molecular weight excluding hydrogens is 362 g/mol. The molecule has 28 heavy (non-hydrogen) atoms. The molecule has 0 bridgehead atoms. The van der Waals surface area contributed by atoms with Crippen molar-refractivity contribution in [3.63, 3.8) is 0 Å². The molecule has 1 amide bonds. The summed E-state index contributed by atoms with van der Waals surface area (Å²) < 4.78 is 32.5. The number of pyridine rings is 1. The number of carbonyl (C=O) groups is 1. The molecule has 4 nitrogen and oxygen atoms in total. The van der Waals surface area contributed by atoms with Crippen molar-refractivity contribution in [2.75, 3.05) is 4.90 Å². The van der Waals surface area contributed by atoms with Crippen LogP contribution in [0, 0.1) is 11.6 Å². The van der Waals surface area contributed by atoms with Crippen molar-refractivity contribution >= 4 is 11.7 Å². The number of anilines is 1. The second-order valence-electron chi connectivity index (χ2n) is 6.21. The number of halogens is 2. The van der Waals surface area contributed by atoms with E-state index in [1.54, 1.807) is 36.5 Å². The van der Waals surface area contributed by atoms with Gasteiger partial charge in [-0.2, -0.15) is 0 Å². The third-order valence-corrected chi connectivity index (χ3v) is 4.16. The van der Waals surface area contributed by atoms with Gasteiger partial charge in [0.25, 0.3) is 5.91 Å². The first-order valence-corrected chi connectivity index (χ1v) is 8.96. The number of nitrogens with zero attached hydrogens (tertiary/aromatic N) is 2. The average molecular weight is 382 g/mol. The molecule has 0 spiro atoms. The molecule has 1 atom stereocenters. The zero-order valence-electron chi connectivity index (χ0n) is 15.4. The normalized spacial score (nSPS) is 11.7. The highest BCUT2D eigenvalue weighted by Crippen LogP contribution is 2.20. The summed E-state index contributed by atoms with van der Waals surface area (Å²) in [6.45, 7) is 1.97. The van der Waals surface area contributed by atoms with Crippen LogP contribution >= 0.6 is 0 Å². The number of aromatic nitrogens is 1. The summed E-state index contributed by atoms with van der Waals surface area (Å²) in [6, 6.07) is 16.8. The molecule has 1 heterocycles. The molecule has 0 saturated carbocycles. The van der Waals surface area contributed by atoms with Crippen LogP contribution in [-0.4, -0.2) is 17.0 Å². The van der Waals surface area contributed by atoms with Crippen molar-refractivity contribution < 1.29 is 18.3 Å². The SMILES string of the molecule is CC[C@@H](Oc1ccc(F)cc1)C(=O)N(Cc1cccc(F)c1)c1ccccn1. The lowest BCUT2D eigenvalue weighted by Crippen LogP contribution is -2.42. The van der Waals surface area contributed by atoms with Crippen molar-refractivity contribution in [2.24, 2.45) is 0 Å². The minimum absolute atomic E-state index is 0.150. The second kappa shape index (κ2) is 9.08. The summed E-state index contributed by atoms with van der Waals surface area (Å²) in [4.78, 5) is 19.0. The number of ether oxygens (including phenoxy) is 1. The molecule has 3 rings (SSSR count). The van der Waals surface area contributed by atoms with E-state index >= 15 is 0 Å². The molecule has 0 aliphatic carbocycles. The molecular formula is C22H20F2N2O2. The maximum Gasteiger partial charge on any atom is 0.269 e. The van der Waals surface area contributed by atoms with E-state index < -0.39 is 6.10 Å². The number of carbonyl (C=O) groups excluding carboxylic acids is 1. The van der Waals surface area contributed by atoms with Crippen molar-refractivity contribution in [1.29, 1.82) is 0 Å². The Morgan fingerprint density at radius 2 is 1.82 bits per heavy atom. The Morgan fingerprint density at radius 3 is 2.46 bits per heavy atom. The Balaban J connectivity index is 1.86. The zero-order valence-corrected chi connectivity index (χ0v) is 15.4. The van der Waals surface area contributed by atoms with Crippen LogP contribution in [0.15, 0.2) is 72.9 Å². The van der Waals surface area contributed by atoms with Crippen LogP contribution in [0.1, 0.15) is 18.9 Å². The van der Waals surface area contributed by atoms with Crippen molar-refractivity contribution in [2.45, 2.75) is 26.0 Å². The summed E-state index contributed by atoms with van der Waals surface area (Å²) in [5.74, 6) is -0.227. The largest absolute Gasteiger partial charge is 0.481 e. The zero-order chi connectivity index (χ0) is 19.9. The number of rotatable bonds is 7. The highest BCUT2D eigenvalue weighted by atomic mass is 19.1. The summed E-state index contributed by atoms with van der Waals surface area (Å²) >= 11 is 0. The molecule has 0 fully saturated rings. The van der Waals surface area contributed by atoms with Crippen LogP contribution in [0.3, 0.4) is 0 Å². The van der Waals surface area contributed by atoms with Gasteiger partial charge in [-0.1, -0.05) is 25.1 Å². The maximum absolute atomic E-state index is 13.6. The summed E-state index contributed by atoms with van der Waals surface area (Å²) in [6.07, 6.45) is 1.20. The Kier molecular flexibility index (Phi) is 6.32. The number of hydrogen-bond acceptors (Lipinski definition) is 3. The van der Waals surface area contributed by atoms with E-state index in [1.807, 2.05) is 6.92 Å². The summed E-state index contributed by atoms with van der Waals surface area (Å²) in [5, 5.41) is 0. The Labute approximate surface area is 162 Å². The second-order valence-corrected chi connectivity index (χ2v) is 6.21. The Bertz CT molecular complexity index is 917. The van der Waals surface area contributed by atoms with Gasteiger partial charge in [-0.15, -0.1) is 0 Å². The lowest BCUT2D eigenvalue weighted by Gasteiger charge is -2.26. The fourth-order valence-electron chi connectivity index (χ4n) is 2.76. The summed E-state index contributed by atoms with van der Waals surface area (Å²) in [7, 11) is 0. The van der Waals surface area contributed by atoms with E-state index in [-0.39, 0.29) is 24.1 Å². The topological polar surface area (TPSA) is 42.4 Å². The predicted molar refractivity (Wildman–Crippen MR) is 103 cm³/mol. The fraction of sp³-hybridized carbons (Fsp3) is 0.182. The predicted octanol–water partition coefficient (Wildman–Crippen LogP) is 4.75. The van der Waals surface area contributed by atoms with Crippen LogP contribution in [0.25, 0.3) is 0 Å². The number of hydrogen-bond donors (Lipinski definition) is 0. The van der Waals surface area contributed by atoms with E-state index in [0.717, 1.165) is 0 Å². The van der Waals surface area contributed by atoms with Gasteiger partial charge in [0.05, 0.1) is 6.54 Å². The van der Waals surface area contributed by atoms with Crippen LogP contribution < -0.4 is 9.64 Å². The van der Waals surface area contributed by atoms with Gasteiger partial charge in [-0.05, 0) is 60.5 Å². The summed E-state index contributed by atoms with van der Waals surface area (Å²) in [5.41, 5.74) is 0.635. The smallest absolute Gasteiger partial charge is 0.269 e. The van der Waals surface area contributed by atoms with Gasteiger partial charge < -0.3 is 4.74 Å². The first-order valence-electron chi connectivity index (χ1n) is 8.96. The lowest BCUT2D eigenvalue weighted by atomic mass is 10.1. The highest BCUT2D eigenvalue weighted by molar-refractivity contribution is 5.95. The number of amides is 1. The van der Waals surface area contributed by atoms with Crippen LogP contribution in [0.5, 0.6) is 5.75 Å². The molecule has 2 aromatic carbocycles. The maximum atomic E-state index is 13.6. The molecule has 0 radical (unpaired) electrons. The average Bonchev–Trinajstić information content (AvgIpc) is 2.72. The third-order valence-electron chi connectivity index (χ3n) is 4.16. The first-order chi connectivity index (χ1) is 13.6. The molecule has 6 heteroatoms.